The normalized spacial score (nSPS) is 17.2. The van der Waals surface area contributed by atoms with E-state index < -0.39 is 0 Å². The van der Waals surface area contributed by atoms with Gasteiger partial charge in [0.05, 0.1) is 35.3 Å². The maximum absolute atomic E-state index is 12.8. The van der Waals surface area contributed by atoms with Crippen LogP contribution in [0, 0.1) is 0 Å². The standard InChI is InChI=1S/C22H25N7O/c1-4-16-15-8-7-14(10-19(15)28(3)26-16)22(30)25-20-13-29-12-17(24-21(29)11-23-20)18-6-5-9-27(18)2/h7-8,10-13,18H,4-6,9H2,1-3H3,(H,25,30)/t18-/m1/s1. The third-order valence-corrected chi connectivity index (χ3v) is 5.99. The van der Waals surface area contributed by atoms with Crippen molar-refractivity contribution in [3.63, 3.8) is 0 Å². The first-order valence-corrected chi connectivity index (χ1v) is 10.4. The molecule has 1 aliphatic heterocycles. The zero-order valence-electron chi connectivity index (χ0n) is 17.5. The number of amides is 1. The molecule has 4 heterocycles. The van der Waals surface area contributed by atoms with Gasteiger partial charge in [0.15, 0.2) is 5.65 Å². The van der Waals surface area contributed by atoms with Gasteiger partial charge in [-0.05, 0) is 45.0 Å². The van der Waals surface area contributed by atoms with E-state index in [1.807, 2.05) is 46.7 Å². The molecule has 0 radical (unpaired) electrons. The van der Waals surface area contributed by atoms with E-state index in [0.29, 0.717) is 17.4 Å². The molecule has 4 aromatic rings. The van der Waals surface area contributed by atoms with Crippen LogP contribution in [-0.4, -0.2) is 48.5 Å². The molecule has 1 aromatic carbocycles. The summed E-state index contributed by atoms with van der Waals surface area (Å²) in [6.45, 7) is 3.18. The van der Waals surface area contributed by atoms with Crippen molar-refractivity contribution in [3.8, 4) is 0 Å². The molecule has 0 bridgehead atoms. The minimum atomic E-state index is -0.195. The van der Waals surface area contributed by atoms with Crippen molar-refractivity contribution in [1.29, 1.82) is 0 Å². The number of imidazole rings is 1. The number of benzene rings is 1. The first-order chi connectivity index (χ1) is 14.5. The lowest BCUT2D eigenvalue weighted by atomic mass is 10.1. The summed E-state index contributed by atoms with van der Waals surface area (Å²) in [6.07, 6.45) is 8.72. The summed E-state index contributed by atoms with van der Waals surface area (Å²) in [7, 11) is 4.03. The second kappa shape index (κ2) is 7.21. The van der Waals surface area contributed by atoms with Crippen LogP contribution in [0.5, 0.6) is 0 Å². The molecule has 8 nitrogen and oxygen atoms in total. The van der Waals surface area contributed by atoms with E-state index in [1.54, 1.807) is 6.20 Å². The quantitative estimate of drug-likeness (QED) is 0.566. The van der Waals surface area contributed by atoms with E-state index in [0.717, 1.165) is 47.3 Å². The molecule has 1 aliphatic rings. The molecule has 1 N–H and O–H groups in total. The highest BCUT2D eigenvalue weighted by atomic mass is 16.1. The number of hydrogen-bond donors (Lipinski definition) is 1. The average Bonchev–Trinajstić information content (AvgIpc) is 3.44. The first kappa shape index (κ1) is 18.7. The SMILES string of the molecule is CCc1nn(C)c2cc(C(=O)Nc3cn4cc([C@H]5CCCN5C)nc4cn3)ccc12. The van der Waals surface area contributed by atoms with E-state index in [1.165, 1.54) is 6.42 Å². The van der Waals surface area contributed by atoms with E-state index in [9.17, 15) is 4.79 Å². The van der Waals surface area contributed by atoms with Gasteiger partial charge < -0.3 is 9.72 Å². The second-order valence-corrected chi connectivity index (χ2v) is 7.95. The van der Waals surface area contributed by atoms with Crippen molar-refractivity contribution >= 4 is 28.3 Å². The Labute approximate surface area is 174 Å². The Balaban J connectivity index is 1.40. The lowest BCUT2D eigenvalue weighted by molar-refractivity contribution is 0.102. The first-order valence-electron chi connectivity index (χ1n) is 10.4. The van der Waals surface area contributed by atoms with Gasteiger partial charge in [-0.2, -0.15) is 5.10 Å². The van der Waals surface area contributed by atoms with Crippen molar-refractivity contribution in [2.45, 2.75) is 32.2 Å². The molecule has 0 spiro atoms. The van der Waals surface area contributed by atoms with Gasteiger partial charge >= 0.3 is 0 Å². The highest BCUT2D eigenvalue weighted by Gasteiger charge is 2.25. The number of carbonyl (C=O) groups is 1. The fourth-order valence-electron chi connectivity index (χ4n) is 4.35. The Morgan fingerprint density at radius 1 is 1.27 bits per heavy atom. The van der Waals surface area contributed by atoms with Crippen LogP contribution in [0.3, 0.4) is 0 Å². The summed E-state index contributed by atoms with van der Waals surface area (Å²) in [5, 5.41) is 8.51. The molecular formula is C22H25N7O. The summed E-state index contributed by atoms with van der Waals surface area (Å²) in [5.41, 5.74) is 4.40. The van der Waals surface area contributed by atoms with Crippen LogP contribution in [0.1, 0.15) is 47.6 Å². The predicted octanol–water partition coefficient (Wildman–Crippen LogP) is 3.20. The third-order valence-electron chi connectivity index (χ3n) is 5.99. The van der Waals surface area contributed by atoms with Gasteiger partial charge in [0, 0.05) is 24.2 Å². The van der Waals surface area contributed by atoms with Crippen molar-refractivity contribution in [2.75, 3.05) is 18.9 Å². The van der Waals surface area contributed by atoms with Crippen molar-refractivity contribution < 1.29 is 4.79 Å². The summed E-state index contributed by atoms with van der Waals surface area (Å²) < 4.78 is 3.75. The molecule has 0 unspecified atom stereocenters. The molecule has 0 aliphatic carbocycles. The molecule has 1 amide bonds. The monoisotopic (exact) mass is 403 g/mol. The largest absolute Gasteiger partial charge is 0.305 e. The van der Waals surface area contributed by atoms with E-state index in [2.05, 4.69) is 34.3 Å². The highest BCUT2D eigenvalue weighted by molar-refractivity contribution is 6.05. The number of likely N-dealkylation sites (tertiary alicyclic amines) is 1. The second-order valence-electron chi connectivity index (χ2n) is 7.95. The summed E-state index contributed by atoms with van der Waals surface area (Å²) in [6, 6.07) is 6.03. The number of nitrogens with zero attached hydrogens (tertiary/aromatic N) is 6. The van der Waals surface area contributed by atoms with Crippen LogP contribution >= 0.6 is 0 Å². The molecule has 154 valence electrons. The molecule has 30 heavy (non-hydrogen) atoms. The topological polar surface area (TPSA) is 80.4 Å². The average molecular weight is 403 g/mol. The van der Waals surface area contributed by atoms with Crippen molar-refractivity contribution in [3.05, 3.63) is 53.7 Å². The van der Waals surface area contributed by atoms with Crippen LogP contribution in [0.4, 0.5) is 5.82 Å². The molecule has 1 atom stereocenters. The van der Waals surface area contributed by atoms with Crippen LogP contribution in [0.25, 0.3) is 16.6 Å². The number of fused-ring (bicyclic) bond motifs is 2. The zero-order valence-corrected chi connectivity index (χ0v) is 17.5. The van der Waals surface area contributed by atoms with E-state index in [-0.39, 0.29) is 5.91 Å². The van der Waals surface area contributed by atoms with Gasteiger partial charge in [0.25, 0.3) is 5.91 Å². The molecule has 5 rings (SSSR count). The third kappa shape index (κ3) is 3.13. The highest BCUT2D eigenvalue weighted by Crippen LogP contribution is 2.29. The molecule has 1 fully saturated rings. The lowest BCUT2D eigenvalue weighted by Crippen LogP contribution is -2.17. The minimum absolute atomic E-state index is 0.195. The van der Waals surface area contributed by atoms with Gasteiger partial charge in [-0.3, -0.25) is 14.4 Å². The molecule has 0 saturated carbocycles. The number of aryl methyl sites for hydroxylation is 2. The van der Waals surface area contributed by atoms with Crippen LogP contribution < -0.4 is 5.32 Å². The maximum atomic E-state index is 12.8. The number of anilines is 1. The van der Waals surface area contributed by atoms with Gasteiger partial charge in [-0.25, -0.2) is 9.97 Å². The zero-order chi connectivity index (χ0) is 20.8. The van der Waals surface area contributed by atoms with Crippen molar-refractivity contribution in [2.24, 2.45) is 7.05 Å². The summed E-state index contributed by atoms with van der Waals surface area (Å²) in [4.78, 5) is 24.3. The molecule has 3 aromatic heterocycles. The van der Waals surface area contributed by atoms with Crippen LogP contribution in [-0.2, 0) is 13.5 Å². The Kier molecular flexibility index (Phi) is 4.51. The number of carbonyl (C=O) groups excluding carboxylic acids is 1. The fraction of sp³-hybridized carbons (Fsp3) is 0.364. The van der Waals surface area contributed by atoms with Gasteiger partial charge in [0.2, 0.25) is 0 Å². The Hall–Kier alpha value is -3.26. The number of hydrogen-bond acceptors (Lipinski definition) is 5. The number of aromatic nitrogens is 5. The van der Waals surface area contributed by atoms with Gasteiger partial charge in [-0.1, -0.05) is 13.0 Å². The fourth-order valence-corrected chi connectivity index (χ4v) is 4.35. The van der Waals surface area contributed by atoms with Crippen LogP contribution in [0.2, 0.25) is 0 Å². The van der Waals surface area contributed by atoms with Gasteiger partial charge in [0.1, 0.15) is 5.82 Å². The Morgan fingerprint density at radius 2 is 2.13 bits per heavy atom. The van der Waals surface area contributed by atoms with E-state index >= 15 is 0 Å². The smallest absolute Gasteiger partial charge is 0.256 e. The lowest BCUT2D eigenvalue weighted by Gasteiger charge is -2.16. The molecule has 1 saturated heterocycles. The molecule has 8 heteroatoms. The van der Waals surface area contributed by atoms with Crippen LogP contribution in [0.15, 0.2) is 36.8 Å². The van der Waals surface area contributed by atoms with E-state index in [4.69, 9.17) is 4.98 Å². The molecular weight excluding hydrogens is 378 g/mol. The Morgan fingerprint density at radius 3 is 2.90 bits per heavy atom. The van der Waals surface area contributed by atoms with Gasteiger partial charge in [-0.15, -0.1) is 0 Å². The number of nitrogens with one attached hydrogen (secondary N) is 1. The minimum Gasteiger partial charge on any atom is -0.305 e. The van der Waals surface area contributed by atoms with Crippen molar-refractivity contribution in [1.82, 2.24) is 29.0 Å². The maximum Gasteiger partial charge on any atom is 0.256 e. The summed E-state index contributed by atoms with van der Waals surface area (Å²) in [5.74, 6) is 0.300. The number of rotatable bonds is 4. The predicted molar refractivity (Wildman–Crippen MR) is 116 cm³/mol. The Bertz CT molecular complexity index is 1260. The summed E-state index contributed by atoms with van der Waals surface area (Å²) >= 11 is 0.